The number of ether oxygens (including phenoxy) is 1. The molecule has 0 aliphatic carbocycles. The molecule has 38 heavy (non-hydrogen) atoms. The van der Waals surface area contributed by atoms with Crippen molar-refractivity contribution in [2.75, 3.05) is 6.61 Å². The van der Waals surface area contributed by atoms with Crippen LogP contribution in [0, 0.1) is 6.92 Å². The van der Waals surface area contributed by atoms with Crippen LogP contribution in [0.1, 0.15) is 18.2 Å². The first kappa shape index (κ1) is 30.1. The van der Waals surface area contributed by atoms with Crippen molar-refractivity contribution < 1.29 is 50.7 Å². The van der Waals surface area contributed by atoms with Crippen molar-refractivity contribution in [3.05, 3.63) is 73.4 Å². The van der Waals surface area contributed by atoms with Crippen LogP contribution in [-0.2, 0) is 27.3 Å². The average Bonchev–Trinajstić information content (AvgIpc) is 3.22. The minimum Gasteiger partial charge on any atom is -0.352 e. The molecule has 2 heterocycles. The van der Waals surface area contributed by atoms with Gasteiger partial charge in [-0.2, -0.15) is 8.78 Å². The number of H-pyrrole nitrogens is 1. The number of hydrogen-bond acceptors (Lipinski definition) is 9. The van der Waals surface area contributed by atoms with Gasteiger partial charge in [-0.15, -0.1) is 0 Å². The molecule has 1 saturated heterocycles. The van der Waals surface area contributed by atoms with Crippen molar-refractivity contribution in [2.45, 2.75) is 37.1 Å². The fourth-order valence-corrected chi connectivity index (χ4v) is 8.10. The number of nitrogens with one attached hydrogen (secondary N) is 1. The Morgan fingerprint density at radius 3 is 2.45 bits per heavy atom. The average molecular weight is 601 g/mol. The van der Waals surface area contributed by atoms with Gasteiger partial charge in [0.25, 0.3) is 5.56 Å². The van der Waals surface area contributed by atoms with Gasteiger partial charge in [0, 0.05) is 23.1 Å². The third-order valence-electron chi connectivity index (χ3n) is 5.26. The van der Waals surface area contributed by atoms with E-state index in [1.807, 2.05) is 4.98 Å². The topological polar surface area (TPSA) is 243 Å². The summed E-state index contributed by atoms with van der Waals surface area (Å²) in [4.78, 5) is 57.7. The standard InChI is InChI=1S/C17H20F2N5O11P3/c1-10-8-24(16(26)21-15(10)25)14-7-12(22-23-20)13(34-14)9-33-37(29,30)17(18,19)38(31,32)35-36(27,28)11-5-3-2-4-6-11/h2-6,8,12-14H,7,9H2,1H3,(H,27,28)(H,29,30)(H,31,32)(H,21,25,26)/t12-,13-,14-/m1/s1. The smallest absolute Gasteiger partial charge is 0.352 e. The van der Waals surface area contributed by atoms with Gasteiger partial charge in [0.2, 0.25) is 0 Å². The summed E-state index contributed by atoms with van der Waals surface area (Å²) in [5.41, 5.74) is 7.28. The molecule has 21 heteroatoms. The number of halogens is 2. The molecule has 3 unspecified atom stereocenters. The molecule has 1 aromatic heterocycles. The van der Waals surface area contributed by atoms with Crippen LogP contribution in [0.2, 0.25) is 0 Å². The van der Waals surface area contributed by atoms with Crippen LogP contribution in [-0.4, -0.2) is 48.4 Å². The largest absolute Gasteiger partial charge is 0.444 e. The van der Waals surface area contributed by atoms with E-state index in [1.165, 1.54) is 25.1 Å². The minimum atomic E-state index is -6.66. The predicted octanol–water partition coefficient (Wildman–Crippen LogP) is 2.28. The second kappa shape index (κ2) is 10.9. The van der Waals surface area contributed by atoms with Gasteiger partial charge >= 0.3 is 33.9 Å². The summed E-state index contributed by atoms with van der Waals surface area (Å²) in [7, 11) is -18.5. The zero-order valence-electron chi connectivity index (χ0n) is 19.1. The lowest BCUT2D eigenvalue weighted by molar-refractivity contribution is -0.0276. The number of alkyl halides is 2. The van der Waals surface area contributed by atoms with Crippen LogP contribution in [0.25, 0.3) is 10.4 Å². The van der Waals surface area contributed by atoms with Crippen LogP contribution in [0.3, 0.4) is 0 Å². The molecular formula is C17H20F2N5O11P3. The Morgan fingerprint density at radius 2 is 1.84 bits per heavy atom. The molecular weight excluding hydrogens is 581 g/mol. The van der Waals surface area contributed by atoms with E-state index in [4.69, 9.17) is 10.3 Å². The summed E-state index contributed by atoms with van der Waals surface area (Å²) in [6, 6.07) is 4.45. The molecule has 3 rings (SSSR count). The molecule has 6 atom stereocenters. The van der Waals surface area contributed by atoms with Crippen LogP contribution in [0.4, 0.5) is 8.78 Å². The molecule has 0 spiro atoms. The maximum atomic E-state index is 14.7. The highest BCUT2D eigenvalue weighted by molar-refractivity contribution is 7.78. The van der Waals surface area contributed by atoms with Crippen molar-refractivity contribution in [3.8, 4) is 0 Å². The first-order valence-electron chi connectivity index (χ1n) is 10.3. The molecule has 0 radical (unpaired) electrons. The number of nitrogens with zero attached hydrogens (tertiary/aromatic N) is 4. The van der Waals surface area contributed by atoms with E-state index >= 15 is 0 Å². The number of hydrogen-bond donors (Lipinski definition) is 4. The van der Waals surface area contributed by atoms with E-state index in [1.54, 1.807) is 0 Å². The van der Waals surface area contributed by atoms with Crippen LogP contribution >= 0.6 is 22.8 Å². The van der Waals surface area contributed by atoms with Crippen molar-refractivity contribution >= 4 is 28.1 Å². The zero-order valence-corrected chi connectivity index (χ0v) is 21.8. The van der Waals surface area contributed by atoms with Gasteiger partial charge in [0.15, 0.2) is 0 Å². The molecule has 208 valence electrons. The third-order valence-corrected chi connectivity index (χ3v) is 11.4. The molecule has 16 nitrogen and oxygen atoms in total. The molecule has 1 aromatic carbocycles. The van der Waals surface area contributed by atoms with Gasteiger partial charge in [0.05, 0.1) is 24.1 Å². The maximum absolute atomic E-state index is 14.7. The van der Waals surface area contributed by atoms with Gasteiger partial charge in [-0.05, 0) is 24.6 Å². The van der Waals surface area contributed by atoms with E-state index in [9.17, 15) is 46.7 Å². The summed E-state index contributed by atoms with van der Waals surface area (Å²) in [5.74, 6) is 0. The van der Waals surface area contributed by atoms with Crippen LogP contribution < -0.4 is 16.6 Å². The molecule has 1 aliphatic heterocycles. The minimum absolute atomic E-state index is 0.100. The SMILES string of the molecule is Cc1cn([C@H]2C[C@@H](N=[N+]=[N-])[C@@H](COP(=O)(O)C(F)(F)P(=O)(O)OP(=O)(O)c3ccccc3)O2)c(=O)[nH]c1=O. The quantitative estimate of drug-likeness (QED) is 0.133. The number of benzene rings is 1. The Morgan fingerprint density at radius 1 is 1.21 bits per heavy atom. The Labute approximate surface area is 211 Å². The number of azide groups is 1. The number of aryl methyl sites for hydroxylation is 1. The van der Waals surface area contributed by atoms with Gasteiger partial charge in [0.1, 0.15) is 6.23 Å². The van der Waals surface area contributed by atoms with Crippen LogP contribution in [0.15, 0.2) is 51.2 Å². The fraction of sp³-hybridized carbons (Fsp3) is 0.412. The molecule has 2 aromatic rings. The molecule has 0 amide bonds. The highest BCUT2D eigenvalue weighted by Gasteiger charge is 2.68. The van der Waals surface area contributed by atoms with Gasteiger partial charge in [-0.3, -0.25) is 28.0 Å². The zero-order chi connectivity index (χ0) is 28.5. The lowest BCUT2D eigenvalue weighted by atomic mass is 10.1. The third kappa shape index (κ3) is 6.05. The summed E-state index contributed by atoms with van der Waals surface area (Å²) < 4.78 is 80.9. The van der Waals surface area contributed by atoms with Crippen molar-refractivity contribution in [1.29, 1.82) is 0 Å². The molecule has 0 bridgehead atoms. The van der Waals surface area contributed by atoms with E-state index in [-0.39, 0.29) is 12.0 Å². The molecule has 1 aliphatic rings. The second-order valence-corrected chi connectivity index (χ2v) is 13.9. The highest BCUT2D eigenvalue weighted by atomic mass is 31.3. The van der Waals surface area contributed by atoms with Crippen molar-refractivity contribution in [1.82, 2.24) is 9.55 Å². The summed E-state index contributed by atoms with van der Waals surface area (Å²) in [6.45, 7) is 0.160. The molecule has 0 saturated carbocycles. The summed E-state index contributed by atoms with van der Waals surface area (Å²) >= 11 is 0. The van der Waals surface area contributed by atoms with Crippen molar-refractivity contribution in [2.24, 2.45) is 5.11 Å². The lowest BCUT2D eigenvalue weighted by Gasteiger charge is -2.27. The summed E-state index contributed by atoms with van der Waals surface area (Å²) in [6.07, 6.45) is -1.87. The monoisotopic (exact) mass is 601 g/mol. The van der Waals surface area contributed by atoms with Gasteiger partial charge < -0.3 is 23.9 Å². The van der Waals surface area contributed by atoms with Crippen molar-refractivity contribution in [3.63, 3.8) is 0 Å². The van der Waals surface area contributed by atoms with Gasteiger partial charge in [-0.25, -0.2) is 9.11 Å². The Bertz CT molecular complexity index is 1510. The number of aromatic amines is 1. The normalized spacial score (nSPS) is 24.5. The predicted molar refractivity (Wildman–Crippen MR) is 125 cm³/mol. The van der Waals surface area contributed by atoms with E-state index < -0.39 is 69.7 Å². The second-order valence-electron chi connectivity index (χ2n) is 7.90. The first-order valence-corrected chi connectivity index (χ1v) is 15.1. The highest BCUT2D eigenvalue weighted by Crippen LogP contribution is 2.78. The van der Waals surface area contributed by atoms with Gasteiger partial charge in [-0.1, -0.05) is 23.3 Å². The first-order chi connectivity index (χ1) is 17.5. The van der Waals surface area contributed by atoms with Crippen LogP contribution in [0.5, 0.6) is 0 Å². The maximum Gasteiger partial charge on any atom is 0.444 e. The Hall–Kier alpha value is -2.48. The fourth-order valence-electron chi connectivity index (χ4n) is 3.30. The van der Waals surface area contributed by atoms with E-state index in [0.29, 0.717) is 0 Å². The number of rotatable bonds is 10. The molecule has 4 N–H and O–H groups in total. The van der Waals surface area contributed by atoms with E-state index in [0.717, 1.165) is 22.9 Å². The Kier molecular flexibility index (Phi) is 8.66. The Balaban J connectivity index is 1.80. The summed E-state index contributed by atoms with van der Waals surface area (Å²) in [5, 5.41) is -2.86. The van der Waals surface area contributed by atoms with E-state index in [2.05, 4.69) is 18.9 Å². The molecule has 1 fully saturated rings. The number of aromatic nitrogens is 2. The lowest BCUT2D eigenvalue weighted by Crippen LogP contribution is -2.33.